The lowest BCUT2D eigenvalue weighted by molar-refractivity contribution is -0.137. The van der Waals surface area contributed by atoms with Crippen LogP contribution in [0.3, 0.4) is 0 Å². The lowest BCUT2D eigenvalue weighted by atomic mass is 9.78. The van der Waals surface area contributed by atoms with Crippen LogP contribution in [0, 0.1) is 12.7 Å². The van der Waals surface area contributed by atoms with E-state index in [9.17, 15) is 26.0 Å². The number of rotatable bonds is 7. The Hall–Kier alpha value is -3.85. The number of hydrogen-bond acceptors (Lipinski definition) is 8. The smallest absolute Gasteiger partial charge is 0.416 e. The van der Waals surface area contributed by atoms with Gasteiger partial charge in [-0.25, -0.2) is 27.8 Å². The molecule has 2 heterocycles. The summed E-state index contributed by atoms with van der Waals surface area (Å²) >= 11 is 0. The van der Waals surface area contributed by atoms with Crippen molar-refractivity contribution in [2.24, 2.45) is 0 Å². The summed E-state index contributed by atoms with van der Waals surface area (Å²) in [5, 5.41) is 6.89. The predicted octanol–water partition coefficient (Wildman–Crippen LogP) is 4.48. The van der Waals surface area contributed by atoms with Crippen LogP contribution in [0.4, 0.5) is 23.4 Å². The molecule has 2 aromatic heterocycles. The molecule has 0 amide bonds. The maximum atomic E-state index is 14.5. The molecule has 1 fully saturated rings. The van der Waals surface area contributed by atoms with Gasteiger partial charge in [-0.2, -0.15) is 13.2 Å². The number of pyridine rings is 1. The zero-order valence-corrected chi connectivity index (χ0v) is 23.2. The molecule has 0 aliphatic heterocycles. The van der Waals surface area contributed by atoms with Crippen molar-refractivity contribution in [3.63, 3.8) is 0 Å². The van der Waals surface area contributed by atoms with E-state index in [2.05, 4.69) is 19.7 Å². The molecule has 1 aliphatic rings. The maximum Gasteiger partial charge on any atom is 0.416 e. The molecule has 0 bridgehead atoms. The molecule has 0 unspecified atom stereocenters. The number of aryl methyl sites for hydroxylation is 1. The largest absolute Gasteiger partial charge is 0.483 e. The molecule has 1 aliphatic carbocycles. The lowest BCUT2D eigenvalue weighted by Gasteiger charge is -2.39. The Bertz CT molecular complexity index is 1440. The van der Waals surface area contributed by atoms with Crippen molar-refractivity contribution in [3.8, 4) is 5.88 Å². The molecule has 1 saturated carbocycles. The normalized spacial score (nSPS) is 19.2. The number of carbonyl (C=O) groups is 1. The Morgan fingerprint density at radius 2 is 1.85 bits per heavy atom. The molecule has 0 radical (unpaired) electrons. The predicted molar refractivity (Wildman–Crippen MR) is 140 cm³/mol. The van der Waals surface area contributed by atoms with E-state index in [0.717, 1.165) is 18.2 Å². The molecule has 4 rings (SSSR count). The average molecular weight is 600 g/mol. The van der Waals surface area contributed by atoms with E-state index in [4.69, 9.17) is 14.6 Å². The lowest BCUT2D eigenvalue weighted by Crippen LogP contribution is -2.46. The summed E-state index contributed by atoms with van der Waals surface area (Å²) in [6, 6.07) is 6.52. The molecule has 2 N–H and O–H groups in total. The molecule has 1 aromatic carbocycles. The van der Waals surface area contributed by atoms with E-state index in [1.54, 1.807) is 0 Å². The first-order chi connectivity index (χ1) is 19.3. The topological polar surface area (TPSA) is 135 Å². The molecular formula is C26H29F4N5O5S. The zero-order valence-electron chi connectivity index (χ0n) is 22.3. The minimum absolute atomic E-state index is 0.0450. The average Bonchev–Trinajstić information content (AvgIpc) is 2.89. The Labute approximate surface area is 234 Å². The van der Waals surface area contributed by atoms with Crippen molar-refractivity contribution in [2.45, 2.75) is 55.3 Å². The fourth-order valence-electron chi connectivity index (χ4n) is 4.69. The van der Waals surface area contributed by atoms with Crippen LogP contribution in [0.25, 0.3) is 0 Å². The van der Waals surface area contributed by atoms with Crippen LogP contribution in [-0.4, -0.2) is 66.1 Å². The third kappa shape index (κ3) is 8.10. The number of alkyl halides is 3. The second kappa shape index (κ2) is 13.2. The molecular weight excluding hydrogens is 570 g/mol. The number of benzene rings is 1. The van der Waals surface area contributed by atoms with Gasteiger partial charge in [0.1, 0.15) is 29.0 Å². The molecule has 0 spiro atoms. The highest BCUT2D eigenvalue weighted by Crippen LogP contribution is 2.40. The van der Waals surface area contributed by atoms with Gasteiger partial charge in [-0.05, 0) is 82.1 Å². The molecule has 0 saturated heterocycles. The van der Waals surface area contributed by atoms with Crippen LogP contribution >= 0.6 is 0 Å². The Balaban J connectivity index is 0.00000147. The van der Waals surface area contributed by atoms with Crippen LogP contribution in [0.5, 0.6) is 5.88 Å². The van der Waals surface area contributed by atoms with E-state index in [1.165, 1.54) is 37.6 Å². The summed E-state index contributed by atoms with van der Waals surface area (Å²) in [5.74, 6) is -0.754. The summed E-state index contributed by atoms with van der Waals surface area (Å²) in [5.41, 5.74) is -0.618. The minimum Gasteiger partial charge on any atom is -0.483 e. The van der Waals surface area contributed by atoms with Gasteiger partial charge in [-0.15, -0.1) is 0 Å². The first-order valence-corrected chi connectivity index (χ1v) is 13.8. The maximum absolute atomic E-state index is 14.5. The SMILES string of the molecule is Cc1nc(O[C@H]2CC[C@H](c3cc(C(F)(F)F)ccc3F)C[C@@H]2N(C)C)ccc1S(=O)(=O)Nc1ccncn1.O=CO. The Kier molecular flexibility index (Phi) is 10.2. The van der Waals surface area contributed by atoms with E-state index in [0.29, 0.717) is 19.3 Å². The van der Waals surface area contributed by atoms with Crippen LogP contribution in [0.1, 0.15) is 42.0 Å². The van der Waals surface area contributed by atoms with Gasteiger partial charge in [0.25, 0.3) is 16.5 Å². The Morgan fingerprint density at radius 3 is 2.44 bits per heavy atom. The van der Waals surface area contributed by atoms with Gasteiger partial charge in [0, 0.05) is 18.3 Å². The summed E-state index contributed by atoms with van der Waals surface area (Å²) in [6.07, 6.45) is -1.08. The van der Waals surface area contributed by atoms with Gasteiger partial charge in [-0.3, -0.25) is 9.52 Å². The fraction of sp³-hybridized carbons (Fsp3) is 0.385. The first-order valence-electron chi connectivity index (χ1n) is 12.3. The summed E-state index contributed by atoms with van der Waals surface area (Å²) in [6.45, 7) is 1.29. The molecule has 15 heteroatoms. The van der Waals surface area contributed by atoms with Gasteiger partial charge in [0.05, 0.1) is 11.3 Å². The van der Waals surface area contributed by atoms with E-state index < -0.39 is 33.5 Å². The second-order valence-corrected chi connectivity index (χ2v) is 11.1. The van der Waals surface area contributed by atoms with Gasteiger partial charge in [0.2, 0.25) is 5.88 Å². The van der Waals surface area contributed by atoms with Crippen molar-refractivity contribution in [1.82, 2.24) is 19.9 Å². The van der Waals surface area contributed by atoms with Crippen LogP contribution in [0.15, 0.2) is 53.8 Å². The van der Waals surface area contributed by atoms with Crippen molar-refractivity contribution < 1.29 is 40.6 Å². The fourth-order valence-corrected chi connectivity index (χ4v) is 5.88. The number of sulfonamides is 1. The number of aromatic nitrogens is 3. The summed E-state index contributed by atoms with van der Waals surface area (Å²) in [4.78, 5) is 22.1. The van der Waals surface area contributed by atoms with Crippen molar-refractivity contribution in [2.75, 3.05) is 18.8 Å². The minimum atomic E-state index is -4.56. The molecule has 41 heavy (non-hydrogen) atoms. The van der Waals surface area contributed by atoms with Gasteiger partial charge < -0.3 is 14.7 Å². The third-order valence-corrected chi connectivity index (χ3v) is 8.06. The third-order valence-electron chi connectivity index (χ3n) is 6.58. The molecule has 222 valence electrons. The highest BCUT2D eigenvalue weighted by molar-refractivity contribution is 7.92. The van der Waals surface area contributed by atoms with Crippen molar-refractivity contribution >= 4 is 22.3 Å². The standard InChI is InChI=1S/C25H27F4N5O3S.CH2O2/c1-15-22(38(35,36)33-23-10-11-30-14-31-23)8-9-24(32-15)37-21-7-4-16(12-20(21)34(2)3)18-13-17(25(27,28)29)5-6-19(18)26;2-1-3/h5-6,8-11,13-14,16,20-21H,4,7,12H2,1-3H3,(H,30,31,33);1H,(H,2,3)/t16-,20-,21-;/m0./s1. The number of anilines is 1. The number of hydrogen-bond donors (Lipinski definition) is 2. The first kappa shape index (κ1) is 31.7. The van der Waals surface area contributed by atoms with Crippen LogP contribution < -0.4 is 9.46 Å². The highest BCUT2D eigenvalue weighted by atomic mass is 32.2. The number of nitrogens with zero attached hydrogens (tertiary/aromatic N) is 4. The number of carboxylic acid groups (broad SMARTS) is 1. The van der Waals surface area contributed by atoms with Gasteiger partial charge in [0.15, 0.2) is 0 Å². The molecule has 3 atom stereocenters. The van der Waals surface area contributed by atoms with E-state index in [1.807, 2.05) is 19.0 Å². The van der Waals surface area contributed by atoms with Gasteiger partial charge >= 0.3 is 6.18 Å². The van der Waals surface area contributed by atoms with Crippen molar-refractivity contribution in [1.29, 1.82) is 0 Å². The zero-order chi connectivity index (χ0) is 30.4. The van der Waals surface area contributed by atoms with Crippen LogP contribution in [0.2, 0.25) is 0 Å². The van der Waals surface area contributed by atoms with Crippen LogP contribution in [-0.2, 0) is 21.0 Å². The van der Waals surface area contributed by atoms with E-state index >= 15 is 0 Å². The highest BCUT2D eigenvalue weighted by Gasteiger charge is 2.37. The van der Waals surface area contributed by atoms with Crippen molar-refractivity contribution in [3.05, 3.63) is 71.6 Å². The number of ether oxygens (including phenoxy) is 1. The summed E-state index contributed by atoms with van der Waals surface area (Å²) in [7, 11) is -0.319. The quantitative estimate of drug-likeness (QED) is 0.298. The van der Waals surface area contributed by atoms with E-state index in [-0.39, 0.29) is 46.5 Å². The Morgan fingerprint density at radius 1 is 1.15 bits per heavy atom. The second-order valence-electron chi connectivity index (χ2n) is 9.47. The monoisotopic (exact) mass is 599 g/mol. The van der Waals surface area contributed by atoms with Gasteiger partial charge in [-0.1, -0.05) is 0 Å². The molecule has 3 aromatic rings. The number of halogens is 4. The summed E-state index contributed by atoms with van der Waals surface area (Å²) < 4.78 is 88.3. The molecule has 10 nitrogen and oxygen atoms in total. The number of nitrogens with one attached hydrogen (secondary N) is 1. The number of likely N-dealkylation sites (N-methyl/N-ethyl adjacent to an activating group) is 1.